The number of hydrogen-bond donors (Lipinski definition) is 0. The number of benzene rings is 1. The molecular weight excluding hydrogens is 306 g/mol. The highest BCUT2D eigenvalue weighted by atomic mass is 32.1. The molecule has 0 saturated carbocycles. The van der Waals surface area contributed by atoms with Gasteiger partial charge in [0.1, 0.15) is 5.01 Å². The third-order valence-corrected chi connectivity index (χ3v) is 6.23. The molecule has 0 saturated heterocycles. The molecule has 0 aliphatic rings. The number of nitrogens with zero attached hydrogens (tertiary/aromatic N) is 1. The molecule has 1 aromatic carbocycles. The van der Waals surface area contributed by atoms with Crippen LogP contribution < -0.4 is 0 Å². The minimum Gasteiger partial charge on any atom is -0.293 e. The number of Topliss-reactive ketones (excluding diaryl/α,β-unsaturated/α-hetero) is 1. The topological polar surface area (TPSA) is 30.0 Å². The van der Waals surface area contributed by atoms with Crippen molar-refractivity contribution in [2.45, 2.75) is 6.42 Å². The van der Waals surface area contributed by atoms with E-state index in [2.05, 4.69) is 16.4 Å². The lowest BCUT2D eigenvalue weighted by Crippen LogP contribution is -2.00. The second-order valence-electron chi connectivity index (χ2n) is 4.44. The standard InChI is InChI=1S/C15H9NOS3/c17-10(13-8-14-12(19-13)5-6-18-14)7-15-16-9-3-1-2-4-11(9)20-15/h1-6,8H,7H2. The minimum atomic E-state index is 0.164. The van der Waals surface area contributed by atoms with Crippen molar-refractivity contribution in [1.82, 2.24) is 4.98 Å². The van der Waals surface area contributed by atoms with Crippen molar-refractivity contribution in [2.24, 2.45) is 0 Å². The number of fused-ring (bicyclic) bond motifs is 2. The highest BCUT2D eigenvalue weighted by Gasteiger charge is 2.14. The van der Waals surface area contributed by atoms with Gasteiger partial charge in [-0.05, 0) is 29.6 Å². The number of rotatable bonds is 3. The average Bonchev–Trinajstić information content (AvgIpc) is 3.11. The van der Waals surface area contributed by atoms with E-state index < -0.39 is 0 Å². The Bertz CT molecular complexity index is 854. The number of hydrogen-bond acceptors (Lipinski definition) is 5. The summed E-state index contributed by atoms with van der Waals surface area (Å²) in [5, 5.41) is 2.95. The van der Waals surface area contributed by atoms with Crippen LogP contribution in [-0.4, -0.2) is 10.8 Å². The van der Waals surface area contributed by atoms with Gasteiger partial charge in [0.25, 0.3) is 0 Å². The SMILES string of the molecule is O=C(Cc1nc2ccccc2s1)c1cc2sccc2s1. The van der Waals surface area contributed by atoms with Crippen LogP contribution >= 0.6 is 34.0 Å². The molecule has 0 aliphatic carbocycles. The van der Waals surface area contributed by atoms with Gasteiger partial charge in [-0.15, -0.1) is 34.0 Å². The zero-order valence-corrected chi connectivity index (χ0v) is 12.8. The fourth-order valence-electron chi connectivity index (χ4n) is 2.12. The molecule has 3 heterocycles. The Morgan fingerprint density at radius 2 is 1.95 bits per heavy atom. The van der Waals surface area contributed by atoms with E-state index in [0.717, 1.165) is 20.1 Å². The third kappa shape index (κ3) is 2.08. The summed E-state index contributed by atoms with van der Waals surface area (Å²) in [6.07, 6.45) is 0.396. The normalized spacial score (nSPS) is 11.4. The maximum atomic E-state index is 12.3. The molecule has 0 atom stereocenters. The fourth-order valence-corrected chi connectivity index (χ4v) is 5.14. The monoisotopic (exact) mass is 315 g/mol. The Labute approximate surface area is 127 Å². The second-order valence-corrected chi connectivity index (χ2v) is 7.58. The summed E-state index contributed by atoms with van der Waals surface area (Å²) < 4.78 is 3.53. The van der Waals surface area contributed by atoms with Crippen molar-refractivity contribution in [1.29, 1.82) is 0 Å². The lowest BCUT2D eigenvalue weighted by molar-refractivity contribution is 0.0997. The van der Waals surface area contributed by atoms with Gasteiger partial charge in [0.2, 0.25) is 0 Å². The Hall–Kier alpha value is -1.56. The van der Waals surface area contributed by atoms with Gasteiger partial charge in [-0.2, -0.15) is 0 Å². The molecule has 3 aromatic heterocycles. The fraction of sp³-hybridized carbons (Fsp3) is 0.0667. The van der Waals surface area contributed by atoms with E-state index in [4.69, 9.17) is 0 Å². The Morgan fingerprint density at radius 3 is 2.80 bits per heavy atom. The number of carbonyl (C=O) groups excluding carboxylic acids is 1. The van der Waals surface area contributed by atoms with Crippen molar-refractivity contribution in [3.63, 3.8) is 0 Å². The molecule has 0 amide bonds. The molecular formula is C15H9NOS3. The van der Waals surface area contributed by atoms with Gasteiger partial charge in [0.15, 0.2) is 5.78 Å². The first-order chi connectivity index (χ1) is 9.79. The highest BCUT2D eigenvalue weighted by Crippen LogP contribution is 2.31. The largest absolute Gasteiger partial charge is 0.293 e. The van der Waals surface area contributed by atoms with Crippen LogP contribution in [-0.2, 0) is 6.42 Å². The lowest BCUT2D eigenvalue weighted by atomic mass is 10.2. The maximum absolute atomic E-state index is 12.3. The minimum absolute atomic E-state index is 0.164. The molecule has 0 radical (unpaired) electrons. The van der Waals surface area contributed by atoms with E-state index in [9.17, 15) is 4.79 Å². The van der Waals surface area contributed by atoms with Crippen molar-refractivity contribution in [3.8, 4) is 0 Å². The van der Waals surface area contributed by atoms with Gasteiger partial charge in [-0.1, -0.05) is 12.1 Å². The number of aromatic nitrogens is 1. The first-order valence-corrected chi connectivity index (χ1v) is 8.65. The molecule has 0 spiro atoms. The van der Waals surface area contributed by atoms with Crippen molar-refractivity contribution >= 4 is 59.4 Å². The molecule has 4 aromatic rings. The Morgan fingerprint density at radius 1 is 1.05 bits per heavy atom. The molecule has 5 heteroatoms. The first-order valence-electron chi connectivity index (χ1n) is 6.14. The van der Waals surface area contributed by atoms with Crippen molar-refractivity contribution in [3.05, 3.63) is 51.7 Å². The zero-order valence-electron chi connectivity index (χ0n) is 10.3. The molecule has 0 aliphatic heterocycles. The van der Waals surface area contributed by atoms with E-state index in [1.165, 1.54) is 9.40 Å². The molecule has 0 bridgehead atoms. The summed E-state index contributed by atoms with van der Waals surface area (Å²) in [4.78, 5) is 17.7. The van der Waals surface area contributed by atoms with Gasteiger partial charge in [0.05, 0.1) is 21.5 Å². The molecule has 4 rings (SSSR count). The van der Waals surface area contributed by atoms with Crippen LogP contribution in [0.3, 0.4) is 0 Å². The predicted octanol–water partition coefficient (Wildman–Crippen LogP) is 5.00. The van der Waals surface area contributed by atoms with E-state index in [1.54, 1.807) is 34.0 Å². The van der Waals surface area contributed by atoms with Gasteiger partial charge in [0, 0.05) is 9.40 Å². The first kappa shape index (κ1) is 12.2. The van der Waals surface area contributed by atoms with Crippen LogP contribution in [0.15, 0.2) is 41.8 Å². The zero-order chi connectivity index (χ0) is 13.5. The van der Waals surface area contributed by atoms with Gasteiger partial charge in [-0.25, -0.2) is 4.98 Å². The van der Waals surface area contributed by atoms with E-state index in [1.807, 2.05) is 30.3 Å². The van der Waals surface area contributed by atoms with Crippen LogP contribution in [0.5, 0.6) is 0 Å². The van der Waals surface area contributed by atoms with Crippen LogP contribution in [0.4, 0.5) is 0 Å². The van der Waals surface area contributed by atoms with Crippen molar-refractivity contribution in [2.75, 3.05) is 0 Å². The third-order valence-electron chi connectivity index (χ3n) is 3.06. The molecule has 2 nitrogen and oxygen atoms in total. The van der Waals surface area contributed by atoms with E-state index >= 15 is 0 Å². The lowest BCUT2D eigenvalue weighted by Gasteiger charge is -1.92. The number of thiophene rings is 2. The van der Waals surface area contributed by atoms with Gasteiger partial charge >= 0.3 is 0 Å². The van der Waals surface area contributed by atoms with E-state index in [-0.39, 0.29) is 5.78 Å². The number of ketones is 1. The summed E-state index contributed by atoms with van der Waals surface area (Å²) in [5.41, 5.74) is 0.979. The van der Waals surface area contributed by atoms with E-state index in [0.29, 0.717) is 6.42 Å². The Kier molecular flexibility index (Phi) is 2.91. The number of carbonyl (C=O) groups is 1. The highest BCUT2D eigenvalue weighted by molar-refractivity contribution is 7.28. The summed E-state index contributed by atoms with van der Waals surface area (Å²) in [6.45, 7) is 0. The quantitative estimate of drug-likeness (QED) is 0.498. The van der Waals surface area contributed by atoms with Gasteiger partial charge in [-0.3, -0.25) is 4.79 Å². The average molecular weight is 315 g/mol. The summed E-state index contributed by atoms with van der Waals surface area (Å²) in [6, 6.07) is 12.1. The second kappa shape index (κ2) is 4.77. The number of thiazole rings is 1. The summed E-state index contributed by atoms with van der Waals surface area (Å²) >= 11 is 4.86. The Balaban J connectivity index is 1.64. The molecule has 0 N–H and O–H groups in total. The molecule has 0 unspecified atom stereocenters. The van der Waals surface area contributed by atoms with Crippen LogP contribution in [0, 0.1) is 0 Å². The maximum Gasteiger partial charge on any atom is 0.179 e. The smallest absolute Gasteiger partial charge is 0.179 e. The number of para-hydroxylation sites is 1. The van der Waals surface area contributed by atoms with Gasteiger partial charge < -0.3 is 0 Å². The molecule has 0 fully saturated rings. The predicted molar refractivity (Wildman–Crippen MR) is 87.4 cm³/mol. The summed E-state index contributed by atoms with van der Waals surface area (Å²) in [5.74, 6) is 0.164. The summed E-state index contributed by atoms with van der Waals surface area (Å²) in [7, 11) is 0. The van der Waals surface area contributed by atoms with Crippen molar-refractivity contribution < 1.29 is 4.79 Å². The molecule has 20 heavy (non-hydrogen) atoms. The van der Waals surface area contributed by atoms with Crippen LogP contribution in [0.25, 0.3) is 19.6 Å². The van der Waals surface area contributed by atoms with Crippen LogP contribution in [0.2, 0.25) is 0 Å². The molecule has 98 valence electrons. The van der Waals surface area contributed by atoms with Crippen LogP contribution in [0.1, 0.15) is 14.7 Å².